The van der Waals surface area contributed by atoms with Gasteiger partial charge in [0.25, 0.3) is 0 Å². The molecule has 1 unspecified atom stereocenters. The topological polar surface area (TPSA) is 20.3 Å². The van der Waals surface area contributed by atoms with Gasteiger partial charge in [-0.3, -0.25) is 4.79 Å². The predicted molar refractivity (Wildman–Crippen MR) is 75.9 cm³/mol. The first-order chi connectivity index (χ1) is 7.97. The van der Waals surface area contributed by atoms with Gasteiger partial charge in [-0.2, -0.15) is 0 Å². The minimum absolute atomic E-state index is 0.0449. The molecule has 0 aliphatic rings. The van der Waals surface area contributed by atoms with Gasteiger partial charge in [0.15, 0.2) is 0 Å². The molecule has 5 heteroatoms. The Bertz CT molecular complexity index is 411. The average molecular weight is 339 g/mol. The monoisotopic (exact) mass is 337 g/mol. The average Bonchev–Trinajstić information content (AvgIpc) is 2.32. The number of carbonyl (C=O) groups is 1. The zero-order valence-corrected chi connectivity index (χ0v) is 12.8. The summed E-state index contributed by atoms with van der Waals surface area (Å²) in [7, 11) is 1.75. The largest absolute Gasteiger partial charge is 0.340 e. The molecule has 0 aliphatic carbocycles. The van der Waals surface area contributed by atoms with E-state index in [1.54, 1.807) is 18.0 Å². The van der Waals surface area contributed by atoms with Crippen LogP contribution >= 0.6 is 39.1 Å². The molecule has 0 radical (unpaired) electrons. The number of nitrogens with zero attached hydrogens (tertiary/aromatic N) is 1. The first-order valence-electron chi connectivity index (χ1n) is 5.29. The van der Waals surface area contributed by atoms with Gasteiger partial charge < -0.3 is 4.90 Å². The summed E-state index contributed by atoms with van der Waals surface area (Å²) in [4.78, 5) is 13.4. The van der Waals surface area contributed by atoms with E-state index in [4.69, 9.17) is 23.2 Å². The molecule has 0 aliphatic heterocycles. The van der Waals surface area contributed by atoms with Gasteiger partial charge in [0, 0.05) is 13.6 Å². The van der Waals surface area contributed by atoms with Crippen LogP contribution in [0.5, 0.6) is 0 Å². The summed E-state index contributed by atoms with van der Waals surface area (Å²) in [6, 6.07) is 5.43. The van der Waals surface area contributed by atoms with E-state index in [1.807, 2.05) is 19.1 Å². The van der Waals surface area contributed by atoms with Gasteiger partial charge in [-0.25, -0.2) is 0 Å². The van der Waals surface area contributed by atoms with Crippen molar-refractivity contribution in [1.29, 1.82) is 0 Å². The molecule has 0 bridgehead atoms. The number of hydrogen-bond donors (Lipinski definition) is 0. The van der Waals surface area contributed by atoms with E-state index >= 15 is 0 Å². The molecule has 1 rings (SSSR count). The number of halogens is 3. The van der Waals surface area contributed by atoms with E-state index in [1.165, 1.54) is 0 Å². The molecule has 0 heterocycles. The van der Waals surface area contributed by atoms with Crippen molar-refractivity contribution in [1.82, 2.24) is 4.90 Å². The second-order valence-electron chi connectivity index (χ2n) is 3.78. The quantitative estimate of drug-likeness (QED) is 0.756. The SMILES string of the molecule is CCC(Br)C(=O)N(C)Cc1cccc(Cl)c1Cl. The van der Waals surface area contributed by atoms with Crippen LogP contribution in [-0.4, -0.2) is 22.7 Å². The summed E-state index contributed by atoms with van der Waals surface area (Å²) in [5.74, 6) is 0.0449. The normalized spacial score (nSPS) is 12.3. The maximum absolute atomic E-state index is 11.9. The van der Waals surface area contributed by atoms with Gasteiger partial charge in [-0.15, -0.1) is 0 Å². The Labute approximate surface area is 120 Å². The van der Waals surface area contributed by atoms with Crippen LogP contribution in [0.4, 0.5) is 0 Å². The van der Waals surface area contributed by atoms with E-state index in [9.17, 15) is 4.79 Å². The Kier molecular flexibility index (Phi) is 5.77. The van der Waals surface area contributed by atoms with Crippen molar-refractivity contribution >= 4 is 45.0 Å². The number of carbonyl (C=O) groups excluding carboxylic acids is 1. The van der Waals surface area contributed by atoms with E-state index in [2.05, 4.69) is 15.9 Å². The lowest BCUT2D eigenvalue weighted by molar-refractivity contribution is -0.129. The second kappa shape index (κ2) is 6.62. The molecule has 0 saturated heterocycles. The van der Waals surface area contributed by atoms with Gasteiger partial charge in [0.1, 0.15) is 0 Å². The lowest BCUT2D eigenvalue weighted by atomic mass is 10.2. The van der Waals surface area contributed by atoms with Gasteiger partial charge in [-0.05, 0) is 18.1 Å². The number of benzene rings is 1. The number of rotatable bonds is 4. The first-order valence-corrected chi connectivity index (χ1v) is 6.96. The van der Waals surface area contributed by atoms with Crippen LogP contribution in [0.2, 0.25) is 10.0 Å². The molecule has 0 N–H and O–H groups in total. The number of alkyl halides is 1. The van der Waals surface area contributed by atoms with Crippen LogP contribution in [0.1, 0.15) is 18.9 Å². The van der Waals surface area contributed by atoms with Crippen molar-refractivity contribution in [3.8, 4) is 0 Å². The van der Waals surface area contributed by atoms with E-state index in [0.29, 0.717) is 16.6 Å². The fraction of sp³-hybridized carbons (Fsp3) is 0.417. The highest BCUT2D eigenvalue weighted by atomic mass is 79.9. The van der Waals surface area contributed by atoms with E-state index in [-0.39, 0.29) is 10.7 Å². The Morgan fingerprint density at radius 1 is 1.47 bits per heavy atom. The smallest absolute Gasteiger partial charge is 0.236 e. The Morgan fingerprint density at radius 2 is 2.12 bits per heavy atom. The highest BCUT2D eigenvalue weighted by Gasteiger charge is 2.18. The zero-order valence-electron chi connectivity index (χ0n) is 9.71. The molecule has 17 heavy (non-hydrogen) atoms. The minimum Gasteiger partial charge on any atom is -0.340 e. The van der Waals surface area contributed by atoms with E-state index < -0.39 is 0 Å². The van der Waals surface area contributed by atoms with Crippen LogP contribution < -0.4 is 0 Å². The summed E-state index contributed by atoms with van der Waals surface area (Å²) in [6.07, 6.45) is 0.756. The van der Waals surface area contributed by atoms with Crippen molar-refractivity contribution in [2.24, 2.45) is 0 Å². The third-order valence-electron chi connectivity index (χ3n) is 2.44. The van der Waals surface area contributed by atoms with Gasteiger partial charge >= 0.3 is 0 Å². The Morgan fingerprint density at radius 3 is 2.71 bits per heavy atom. The molecule has 1 aromatic rings. The third kappa shape index (κ3) is 3.87. The molecule has 1 amide bonds. The van der Waals surface area contributed by atoms with E-state index in [0.717, 1.165) is 12.0 Å². The van der Waals surface area contributed by atoms with Crippen LogP contribution in [0.15, 0.2) is 18.2 Å². The molecule has 1 atom stereocenters. The number of amides is 1. The molecule has 0 spiro atoms. The molecule has 2 nitrogen and oxygen atoms in total. The molecule has 94 valence electrons. The van der Waals surface area contributed by atoms with Crippen molar-refractivity contribution in [3.63, 3.8) is 0 Å². The van der Waals surface area contributed by atoms with Gasteiger partial charge in [0.2, 0.25) is 5.91 Å². The summed E-state index contributed by atoms with van der Waals surface area (Å²) >= 11 is 15.3. The highest BCUT2D eigenvalue weighted by Crippen LogP contribution is 2.26. The molecular formula is C12H14BrCl2NO. The maximum atomic E-state index is 11.9. The molecule has 0 fully saturated rings. The van der Waals surface area contributed by atoms with Crippen LogP contribution in [0.25, 0.3) is 0 Å². The number of hydrogen-bond acceptors (Lipinski definition) is 1. The summed E-state index contributed by atoms with van der Waals surface area (Å²) < 4.78 is 0. The lowest BCUT2D eigenvalue weighted by Crippen LogP contribution is -2.32. The third-order valence-corrected chi connectivity index (χ3v) is 4.34. The summed E-state index contributed by atoms with van der Waals surface area (Å²) in [5.41, 5.74) is 0.853. The molecular weight excluding hydrogens is 325 g/mol. The molecule has 0 aromatic heterocycles. The fourth-order valence-electron chi connectivity index (χ4n) is 1.42. The minimum atomic E-state index is -0.148. The first kappa shape index (κ1) is 14.8. The zero-order chi connectivity index (χ0) is 13.0. The van der Waals surface area contributed by atoms with Crippen molar-refractivity contribution in [2.45, 2.75) is 24.7 Å². The van der Waals surface area contributed by atoms with Crippen molar-refractivity contribution < 1.29 is 4.79 Å². The summed E-state index contributed by atoms with van der Waals surface area (Å²) in [5, 5.41) is 1.02. The summed E-state index contributed by atoms with van der Waals surface area (Å²) in [6.45, 7) is 2.41. The van der Waals surface area contributed by atoms with Gasteiger partial charge in [-0.1, -0.05) is 58.2 Å². The van der Waals surface area contributed by atoms with Gasteiger partial charge in [0.05, 0.1) is 14.9 Å². The standard InChI is InChI=1S/C12H14BrCl2NO/c1-3-9(13)12(17)16(2)7-8-5-4-6-10(14)11(8)15/h4-6,9H,3,7H2,1-2H3. The van der Waals surface area contributed by atoms with Crippen LogP contribution in [0.3, 0.4) is 0 Å². The fourth-order valence-corrected chi connectivity index (χ4v) is 2.15. The van der Waals surface area contributed by atoms with Crippen LogP contribution in [-0.2, 0) is 11.3 Å². The van der Waals surface area contributed by atoms with Crippen LogP contribution in [0, 0.1) is 0 Å². The Hall–Kier alpha value is -0.250. The highest BCUT2D eigenvalue weighted by molar-refractivity contribution is 9.10. The maximum Gasteiger partial charge on any atom is 0.236 e. The lowest BCUT2D eigenvalue weighted by Gasteiger charge is -2.20. The second-order valence-corrected chi connectivity index (χ2v) is 5.67. The predicted octanol–water partition coefficient (Wildman–Crippen LogP) is 4.13. The molecule has 0 saturated carbocycles. The Balaban J connectivity index is 2.78. The molecule has 1 aromatic carbocycles. The van der Waals surface area contributed by atoms with Crippen molar-refractivity contribution in [2.75, 3.05) is 7.05 Å². The van der Waals surface area contributed by atoms with Crippen molar-refractivity contribution in [3.05, 3.63) is 33.8 Å².